The first kappa shape index (κ1) is 24.7. The second-order valence-electron chi connectivity index (χ2n) is 9.08. The number of nitrogen functional groups attached to an aromatic ring is 1. The molecule has 35 heavy (non-hydrogen) atoms. The number of carbonyl (C=O) groups is 1. The lowest BCUT2D eigenvalue weighted by molar-refractivity contribution is 0.102. The third-order valence-electron chi connectivity index (χ3n) is 6.42. The van der Waals surface area contributed by atoms with Crippen LogP contribution in [0.1, 0.15) is 34.3 Å². The van der Waals surface area contributed by atoms with E-state index in [1.54, 1.807) is 30.3 Å². The minimum atomic E-state index is -0.707. The standard InChI is InChI=1S/C29H34N4O2/c30-26-8-4-5-9-27(26)32-29(35)25-13-10-22(11-14-25)12-15-28(34)31-20-23-16-18-33(19-17-23)21-24-6-2-1-3-7-24/h1-15,23,28,31,34H,16-21,30H2,(H,32,35)/b15-12+. The van der Waals surface area contributed by atoms with Gasteiger partial charge in [0.15, 0.2) is 0 Å². The first-order valence-corrected chi connectivity index (χ1v) is 12.2. The summed E-state index contributed by atoms with van der Waals surface area (Å²) in [4.78, 5) is 15.0. The van der Waals surface area contributed by atoms with Gasteiger partial charge >= 0.3 is 0 Å². The smallest absolute Gasteiger partial charge is 0.255 e. The van der Waals surface area contributed by atoms with Gasteiger partial charge in [-0.15, -0.1) is 0 Å². The first-order valence-electron chi connectivity index (χ1n) is 12.2. The van der Waals surface area contributed by atoms with Crippen LogP contribution in [0.25, 0.3) is 6.08 Å². The lowest BCUT2D eigenvalue weighted by atomic mass is 9.96. The van der Waals surface area contributed by atoms with Gasteiger partial charge in [0.05, 0.1) is 11.4 Å². The maximum absolute atomic E-state index is 12.5. The number of para-hydroxylation sites is 2. The molecule has 3 aromatic rings. The van der Waals surface area contributed by atoms with E-state index in [1.807, 2.05) is 30.3 Å². The van der Waals surface area contributed by atoms with Gasteiger partial charge in [-0.05, 0) is 73.3 Å². The molecule has 4 rings (SSSR count). The van der Waals surface area contributed by atoms with Crippen molar-refractivity contribution in [1.82, 2.24) is 10.2 Å². The average molecular weight is 471 g/mol. The number of rotatable bonds is 9. The number of hydrogen-bond acceptors (Lipinski definition) is 5. The van der Waals surface area contributed by atoms with E-state index >= 15 is 0 Å². The van der Waals surface area contributed by atoms with Gasteiger partial charge < -0.3 is 16.2 Å². The number of benzene rings is 3. The summed E-state index contributed by atoms with van der Waals surface area (Å²) in [5, 5.41) is 16.4. The van der Waals surface area contributed by atoms with Crippen LogP contribution in [0.15, 0.2) is 84.9 Å². The number of piperidine rings is 1. The van der Waals surface area contributed by atoms with Crippen molar-refractivity contribution in [2.45, 2.75) is 25.6 Å². The van der Waals surface area contributed by atoms with Crippen LogP contribution in [0.3, 0.4) is 0 Å². The lowest BCUT2D eigenvalue weighted by Crippen LogP contribution is -2.39. The molecule has 0 aromatic heterocycles. The van der Waals surface area contributed by atoms with Crippen molar-refractivity contribution in [3.05, 3.63) is 102 Å². The fourth-order valence-corrected chi connectivity index (χ4v) is 4.30. The highest BCUT2D eigenvalue weighted by Crippen LogP contribution is 2.19. The van der Waals surface area contributed by atoms with Gasteiger partial charge in [0, 0.05) is 18.7 Å². The number of aliphatic hydroxyl groups is 1. The summed E-state index contributed by atoms with van der Waals surface area (Å²) in [7, 11) is 0. The van der Waals surface area contributed by atoms with Crippen LogP contribution >= 0.6 is 0 Å². The van der Waals surface area contributed by atoms with E-state index in [1.165, 1.54) is 5.56 Å². The zero-order valence-electron chi connectivity index (χ0n) is 19.9. The highest BCUT2D eigenvalue weighted by molar-refractivity contribution is 6.05. The molecule has 1 amide bonds. The average Bonchev–Trinajstić information content (AvgIpc) is 2.89. The first-order chi connectivity index (χ1) is 17.1. The number of aliphatic hydroxyl groups excluding tert-OH is 1. The lowest BCUT2D eigenvalue weighted by Gasteiger charge is -2.32. The number of hydrogen-bond donors (Lipinski definition) is 4. The molecule has 1 aliphatic rings. The second kappa shape index (κ2) is 12.3. The summed E-state index contributed by atoms with van der Waals surface area (Å²) >= 11 is 0. The Balaban J connectivity index is 1.18. The molecular formula is C29H34N4O2. The summed E-state index contributed by atoms with van der Waals surface area (Å²) in [5.41, 5.74) is 9.83. The van der Waals surface area contributed by atoms with Gasteiger partial charge in [-0.2, -0.15) is 0 Å². The maximum Gasteiger partial charge on any atom is 0.255 e. The molecule has 3 aromatic carbocycles. The molecule has 1 aliphatic heterocycles. The summed E-state index contributed by atoms with van der Waals surface area (Å²) in [6, 6.07) is 25.0. The molecule has 0 aliphatic carbocycles. The molecular weight excluding hydrogens is 436 g/mol. The van der Waals surface area contributed by atoms with Crippen molar-refractivity contribution in [2.75, 3.05) is 30.7 Å². The molecule has 0 radical (unpaired) electrons. The van der Waals surface area contributed by atoms with Crippen LogP contribution in [0, 0.1) is 5.92 Å². The molecule has 1 fully saturated rings. The Labute approximate surface area is 207 Å². The summed E-state index contributed by atoms with van der Waals surface area (Å²) in [5.74, 6) is 0.358. The van der Waals surface area contributed by atoms with Gasteiger partial charge in [0.25, 0.3) is 5.91 Å². The Hall–Kier alpha value is -3.45. The van der Waals surface area contributed by atoms with Gasteiger partial charge in [0.1, 0.15) is 6.23 Å². The largest absolute Gasteiger partial charge is 0.397 e. The molecule has 0 saturated carbocycles. The van der Waals surface area contributed by atoms with Crippen molar-refractivity contribution < 1.29 is 9.90 Å². The normalized spacial score (nSPS) is 15.8. The van der Waals surface area contributed by atoms with E-state index in [9.17, 15) is 9.90 Å². The van der Waals surface area contributed by atoms with E-state index in [-0.39, 0.29) is 5.91 Å². The van der Waals surface area contributed by atoms with E-state index in [0.717, 1.165) is 44.6 Å². The van der Waals surface area contributed by atoms with Crippen LogP contribution in [0.4, 0.5) is 11.4 Å². The topological polar surface area (TPSA) is 90.6 Å². The van der Waals surface area contributed by atoms with Crippen molar-refractivity contribution in [1.29, 1.82) is 0 Å². The van der Waals surface area contributed by atoms with E-state index < -0.39 is 6.23 Å². The zero-order chi connectivity index (χ0) is 24.5. The summed E-state index contributed by atoms with van der Waals surface area (Å²) < 4.78 is 0. The summed E-state index contributed by atoms with van der Waals surface area (Å²) in [6.07, 6.45) is 5.16. The Morgan fingerprint density at radius 1 is 1.00 bits per heavy atom. The maximum atomic E-state index is 12.5. The van der Waals surface area contributed by atoms with Crippen LogP contribution in [-0.4, -0.2) is 41.8 Å². The van der Waals surface area contributed by atoms with Gasteiger partial charge in [-0.3, -0.25) is 15.0 Å². The molecule has 1 unspecified atom stereocenters. The zero-order valence-corrected chi connectivity index (χ0v) is 19.9. The van der Waals surface area contributed by atoms with Crippen molar-refractivity contribution >= 4 is 23.4 Å². The van der Waals surface area contributed by atoms with Gasteiger partial charge in [-0.1, -0.05) is 60.7 Å². The predicted molar refractivity (Wildman–Crippen MR) is 143 cm³/mol. The number of nitrogens with one attached hydrogen (secondary N) is 2. The summed E-state index contributed by atoms with van der Waals surface area (Å²) in [6.45, 7) is 3.98. The number of nitrogens with zero attached hydrogens (tertiary/aromatic N) is 1. The second-order valence-corrected chi connectivity index (χ2v) is 9.08. The molecule has 182 valence electrons. The van der Waals surface area contributed by atoms with Crippen LogP contribution in [0.5, 0.6) is 0 Å². The van der Waals surface area contributed by atoms with Gasteiger partial charge in [-0.25, -0.2) is 0 Å². The van der Waals surface area contributed by atoms with E-state index in [2.05, 4.69) is 45.9 Å². The molecule has 1 heterocycles. The Kier molecular flexibility index (Phi) is 8.68. The highest BCUT2D eigenvalue weighted by atomic mass is 16.3. The quantitative estimate of drug-likeness (QED) is 0.276. The predicted octanol–water partition coefficient (Wildman–Crippen LogP) is 4.35. The fraction of sp³-hybridized carbons (Fsp3) is 0.276. The molecule has 5 N–H and O–H groups in total. The van der Waals surface area contributed by atoms with E-state index in [0.29, 0.717) is 22.9 Å². The van der Waals surface area contributed by atoms with E-state index in [4.69, 9.17) is 5.73 Å². The molecule has 1 saturated heterocycles. The number of carbonyl (C=O) groups excluding carboxylic acids is 1. The van der Waals surface area contributed by atoms with Crippen molar-refractivity contribution in [3.8, 4) is 0 Å². The van der Waals surface area contributed by atoms with Gasteiger partial charge in [0.2, 0.25) is 0 Å². The number of amides is 1. The molecule has 0 spiro atoms. The molecule has 6 heteroatoms. The minimum absolute atomic E-state index is 0.213. The Morgan fingerprint density at radius 3 is 2.40 bits per heavy atom. The third-order valence-corrected chi connectivity index (χ3v) is 6.42. The number of likely N-dealkylation sites (tertiary alicyclic amines) is 1. The fourth-order valence-electron chi connectivity index (χ4n) is 4.30. The van der Waals surface area contributed by atoms with Crippen LogP contribution in [-0.2, 0) is 6.54 Å². The van der Waals surface area contributed by atoms with Crippen molar-refractivity contribution in [3.63, 3.8) is 0 Å². The van der Waals surface area contributed by atoms with Crippen LogP contribution in [0.2, 0.25) is 0 Å². The third kappa shape index (κ3) is 7.52. The Morgan fingerprint density at radius 2 is 1.69 bits per heavy atom. The van der Waals surface area contributed by atoms with Crippen LogP contribution < -0.4 is 16.4 Å². The number of anilines is 2. The highest BCUT2D eigenvalue weighted by Gasteiger charge is 2.19. The van der Waals surface area contributed by atoms with Crippen molar-refractivity contribution in [2.24, 2.45) is 5.92 Å². The monoisotopic (exact) mass is 470 g/mol. The minimum Gasteiger partial charge on any atom is -0.397 e. The molecule has 1 atom stereocenters. The SMILES string of the molecule is Nc1ccccc1NC(=O)c1ccc(/C=C/C(O)NCC2CCN(Cc3ccccc3)CC2)cc1. The molecule has 6 nitrogen and oxygen atoms in total. The number of nitrogens with two attached hydrogens (primary N) is 1. The molecule has 0 bridgehead atoms. The Bertz CT molecular complexity index is 1110.